The summed E-state index contributed by atoms with van der Waals surface area (Å²) in [5.74, 6) is 1.30. The van der Waals surface area contributed by atoms with Crippen LogP contribution in [0, 0.1) is 0 Å². The summed E-state index contributed by atoms with van der Waals surface area (Å²) in [6.45, 7) is 7.19. The van der Waals surface area contributed by atoms with E-state index in [9.17, 15) is 0 Å². The molecule has 1 aromatic carbocycles. The molecule has 0 amide bonds. The molecule has 3 aromatic heterocycles. The van der Waals surface area contributed by atoms with Crippen molar-refractivity contribution in [3.05, 3.63) is 42.9 Å². The van der Waals surface area contributed by atoms with Crippen molar-refractivity contribution in [1.82, 2.24) is 24.5 Å². The summed E-state index contributed by atoms with van der Waals surface area (Å²) < 4.78 is 2.06. The average molecular weight is 361 g/mol. The number of pyridine rings is 1. The van der Waals surface area contributed by atoms with E-state index >= 15 is 0 Å². The standard InChI is InChI=1S/C20H23N7/c1-4-9-22-18-17-19(27(12-23-17)13(2)3)26-20(25-18)24-15-7-8-16-14(11-15)6-5-10-21-16/h5-8,10-13H,4,9H2,1-3H3,(H2,22,24,25,26). The summed E-state index contributed by atoms with van der Waals surface area (Å²) in [6.07, 6.45) is 4.63. The van der Waals surface area contributed by atoms with Crippen LogP contribution in [0.1, 0.15) is 33.2 Å². The first-order valence-electron chi connectivity index (χ1n) is 9.26. The highest BCUT2D eigenvalue weighted by atomic mass is 15.2. The summed E-state index contributed by atoms with van der Waals surface area (Å²) in [4.78, 5) is 18.3. The lowest BCUT2D eigenvalue weighted by Crippen LogP contribution is -2.08. The molecule has 3 heterocycles. The maximum atomic E-state index is 4.72. The molecule has 7 heteroatoms. The lowest BCUT2D eigenvalue weighted by atomic mass is 10.2. The van der Waals surface area contributed by atoms with Crippen LogP contribution in [-0.4, -0.2) is 31.0 Å². The van der Waals surface area contributed by atoms with Gasteiger partial charge in [0.25, 0.3) is 0 Å². The Hall–Kier alpha value is -3.22. The minimum atomic E-state index is 0.267. The topological polar surface area (TPSA) is 80.6 Å². The van der Waals surface area contributed by atoms with Crippen molar-refractivity contribution >= 4 is 39.5 Å². The Labute approximate surface area is 157 Å². The highest BCUT2D eigenvalue weighted by Crippen LogP contribution is 2.25. The molecule has 0 saturated carbocycles. The first-order chi connectivity index (χ1) is 13.2. The van der Waals surface area contributed by atoms with Gasteiger partial charge in [-0.25, -0.2) is 4.98 Å². The van der Waals surface area contributed by atoms with Gasteiger partial charge in [0, 0.05) is 29.9 Å². The van der Waals surface area contributed by atoms with Crippen molar-refractivity contribution < 1.29 is 0 Å². The molecule has 0 bridgehead atoms. The minimum Gasteiger partial charge on any atom is -0.368 e. The fraction of sp³-hybridized carbons (Fsp3) is 0.300. The van der Waals surface area contributed by atoms with Crippen LogP contribution in [0.25, 0.3) is 22.1 Å². The lowest BCUT2D eigenvalue weighted by Gasteiger charge is -2.12. The molecule has 7 nitrogen and oxygen atoms in total. The maximum Gasteiger partial charge on any atom is 0.231 e. The second-order valence-electron chi connectivity index (χ2n) is 6.78. The number of fused-ring (bicyclic) bond motifs is 2. The van der Waals surface area contributed by atoms with Crippen LogP contribution in [0.15, 0.2) is 42.9 Å². The molecular weight excluding hydrogens is 338 g/mol. The van der Waals surface area contributed by atoms with E-state index in [2.05, 4.69) is 57.0 Å². The number of anilines is 3. The molecule has 0 aliphatic rings. The normalized spacial score (nSPS) is 11.4. The predicted octanol–water partition coefficient (Wildman–Crippen LogP) is 4.52. The summed E-state index contributed by atoms with van der Waals surface area (Å²) in [6, 6.07) is 10.3. The van der Waals surface area contributed by atoms with E-state index in [-0.39, 0.29) is 6.04 Å². The molecule has 0 aliphatic heterocycles. The minimum absolute atomic E-state index is 0.267. The number of hydrogen-bond donors (Lipinski definition) is 2. The predicted molar refractivity (Wildman–Crippen MR) is 110 cm³/mol. The fourth-order valence-electron chi connectivity index (χ4n) is 3.00. The van der Waals surface area contributed by atoms with Crippen molar-refractivity contribution in [2.45, 2.75) is 33.2 Å². The Morgan fingerprint density at radius 2 is 2.00 bits per heavy atom. The number of hydrogen-bond acceptors (Lipinski definition) is 6. The number of rotatable bonds is 6. The molecule has 0 aliphatic carbocycles. The van der Waals surface area contributed by atoms with Crippen molar-refractivity contribution in [2.24, 2.45) is 0 Å². The second-order valence-corrected chi connectivity index (χ2v) is 6.78. The van der Waals surface area contributed by atoms with Crippen LogP contribution in [0.4, 0.5) is 17.5 Å². The van der Waals surface area contributed by atoms with Gasteiger partial charge in [0.05, 0.1) is 11.8 Å². The molecule has 0 atom stereocenters. The molecule has 0 spiro atoms. The molecule has 0 fully saturated rings. The average Bonchev–Trinajstić information content (AvgIpc) is 3.10. The Kier molecular flexibility index (Phi) is 4.58. The van der Waals surface area contributed by atoms with E-state index in [0.29, 0.717) is 5.95 Å². The lowest BCUT2D eigenvalue weighted by molar-refractivity contribution is 0.613. The van der Waals surface area contributed by atoms with Crippen LogP contribution in [0.2, 0.25) is 0 Å². The van der Waals surface area contributed by atoms with Crippen molar-refractivity contribution in [2.75, 3.05) is 17.2 Å². The molecule has 0 saturated heterocycles. The zero-order valence-corrected chi connectivity index (χ0v) is 15.8. The van der Waals surface area contributed by atoms with Crippen LogP contribution < -0.4 is 10.6 Å². The Morgan fingerprint density at radius 1 is 1.11 bits per heavy atom. The third-order valence-corrected chi connectivity index (χ3v) is 4.38. The maximum absolute atomic E-state index is 4.72. The first kappa shape index (κ1) is 17.2. The summed E-state index contributed by atoms with van der Waals surface area (Å²) in [5, 5.41) is 7.77. The van der Waals surface area contributed by atoms with E-state index in [0.717, 1.165) is 46.5 Å². The zero-order valence-electron chi connectivity index (χ0n) is 15.8. The van der Waals surface area contributed by atoms with Gasteiger partial charge < -0.3 is 15.2 Å². The molecule has 4 rings (SSSR count). The highest BCUT2D eigenvalue weighted by molar-refractivity contribution is 5.86. The third-order valence-electron chi connectivity index (χ3n) is 4.38. The quantitative estimate of drug-likeness (QED) is 0.525. The Bertz CT molecular complexity index is 1080. The van der Waals surface area contributed by atoms with Gasteiger partial charge in [-0.1, -0.05) is 13.0 Å². The van der Waals surface area contributed by atoms with Crippen LogP contribution >= 0.6 is 0 Å². The summed E-state index contributed by atoms with van der Waals surface area (Å²) in [7, 11) is 0. The summed E-state index contributed by atoms with van der Waals surface area (Å²) in [5.41, 5.74) is 3.50. The van der Waals surface area contributed by atoms with E-state index in [1.807, 2.05) is 30.6 Å². The number of nitrogens with one attached hydrogen (secondary N) is 2. The number of benzene rings is 1. The Morgan fingerprint density at radius 3 is 2.81 bits per heavy atom. The molecule has 0 unspecified atom stereocenters. The molecule has 0 radical (unpaired) electrons. The number of nitrogens with zero attached hydrogens (tertiary/aromatic N) is 5. The van der Waals surface area contributed by atoms with E-state index < -0.39 is 0 Å². The molecule has 4 aromatic rings. The molecular formula is C20H23N7. The Balaban J connectivity index is 1.75. The second kappa shape index (κ2) is 7.19. The SMILES string of the molecule is CCCNc1nc(Nc2ccc3ncccc3c2)nc2c1ncn2C(C)C. The van der Waals surface area contributed by atoms with Crippen LogP contribution in [-0.2, 0) is 0 Å². The van der Waals surface area contributed by atoms with Gasteiger partial charge in [0.1, 0.15) is 0 Å². The zero-order chi connectivity index (χ0) is 18.8. The van der Waals surface area contributed by atoms with Crippen molar-refractivity contribution in [1.29, 1.82) is 0 Å². The van der Waals surface area contributed by atoms with Crippen molar-refractivity contribution in [3.8, 4) is 0 Å². The van der Waals surface area contributed by atoms with Crippen LogP contribution in [0.3, 0.4) is 0 Å². The highest BCUT2D eigenvalue weighted by Gasteiger charge is 2.15. The smallest absolute Gasteiger partial charge is 0.231 e. The monoisotopic (exact) mass is 361 g/mol. The van der Waals surface area contributed by atoms with E-state index in [1.165, 1.54) is 0 Å². The van der Waals surface area contributed by atoms with Gasteiger partial charge in [-0.15, -0.1) is 0 Å². The molecule has 2 N–H and O–H groups in total. The fourth-order valence-corrected chi connectivity index (χ4v) is 3.00. The van der Waals surface area contributed by atoms with Gasteiger partial charge in [-0.3, -0.25) is 4.98 Å². The summed E-state index contributed by atoms with van der Waals surface area (Å²) >= 11 is 0. The van der Waals surface area contributed by atoms with Gasteiger partial charge >= 0.3 is 0 Å². The first-order valence-corrected chi connectivity index (χ1v) is 9.26. The van der Waals surface area contributed by atoms with Crippen LogP contribution in [0.5, 0.6) is 0 Å². The molecule has 27 heavy (non-hydrogen) atoms. The van der Waals surface area contributed by atoms with Gasteiger partial charge in [-0.05, 0) is 44.5 Å². The number of aromatic nitrogens is 5. The van der Waals surface area contributed by atoms with Crippen molar-refractivity contribution in [3.63, 3.8) is 0 Å². The van der Waals surface area contributed by atoms with Gasteiger partial charge in [0.15, 0.2) is 17.0 Å². The van der Waals surface area contributed by atoms with E-state index in [4.69, 9.17) is 4.98 Å². The molecule has 138 valence electrons. The van der Waals surface area contributed by atoms with Gasteiger partial charge in [0.2, 0.25) is 5.95 Å². The van der Waals surface area contributed by atoms with E-state index in [1.54, 1.807) is 6.20 Å². The third kappa shape index (κ3) is 3.40. The van der Waals surface area contributed by atoms with Gasteiger partial charge in [-0.2, -0.15) is 9.97 Å². The largest absolute Gasteiger partial charge is 0.368 e. The number of imidazole rings is 1.